The molecule has 1 fully saturated rings. The Morgan fingerprint density at radius 1 is 1.37 bits per heavy atom. The fraction of sp³-hybridized carbons (Fsp3) is 0.385. The summed E-state index contributed by atoms with van der Waals surface area (Å²) in [6.45, 7) is 0. The molecular weight excluding hydrogens is 268 g/mol. The van der Waals surface area contributed by atoms with Crippen molar-refractivity contribution >= 4 is 29.2 Å². The molecule has 2 rings (SSSR count). The smallest absolute Gasteiger partial charge is 0.306 e. The van der Waals surface area contributed by atoms with Gasteiger partial charge >= 0.3 is 5.97 Å². The molecule has 1 aliphatic rings. The van der Waals surface area contributed by atoms with Crippen molar-refractivity contribution in [3.05, 3.63) is 28.8 Å². The Morgan fingerprint density at radius 3 is 2.63 bits per heavy atom. The van der Waals surface area contributed by atoms with E-state index in [1.807, 2.05) is 0 Å². The number of anilines is 1. The first-order valence-electron chi connectivity index (χ1n) is 6.06. The largest absolute Gasteiger partial charge is 0.481 e. The summed E-state index contributed by atoms with van der Waals surface area (Å²) in [5.41, 5.74) is 6.22. The van der Waals surface area contributed by atoms with Crippen molar-refractivity contribution in [3.8, 4) is 0 Å². The molecule has 2 unspecified atom stereocenters. The van der Waals surface area contributed by atoms with Gasteiger partial charge in [0, 0.05) is 11.7 Å². The normalized spacial score (nSPS) is 22.2. The van der Waals surface area contributed by atoms with E-state index in [1.54, 1.807) is 18.2 Å². The second kappa shape index (κ2) is 5.48. The zero-order valence-corrected chi connectivity index (χ0v) is 11.0. The zero-order valence-electron chi connectivity index (χ0n) is 10.2. The van der Waals surface area contributed by atoms with E-state index in [0.29, 0.717) is 17.9 Å². The summed E-state index contributed by atoms with van der Waals surface area (Å²) in [6, 6.07) is 5.04. The maximum Gasteiger partial charge on any atom is 0.306 e. The number of nitrogens with two attached hydrogens (primary N) is 1. The quantitative estimate of drug-likeness (QED) is 0.788. The van der Waals surface area contributed by atoms with Crippen LogP contribution in [0.5, 0.6) is 0 Å². The number of hydrogen-bond acceptors (Lipinski definition) is 3. The number of hydrogen-bond donors (Lipinski definition) is 3. The second-order valence-electron chi connectivity index (χ2n) is 4.75. The molecule has 0 spiro atoms. The molecular formula is C13H15ClN2O3. The summed E-state index contributed by atoms with van der Waals surface area (Å²) >= 11 is 5.95. The number of primary amides is 1. The summed E-state index contributed by atoms with van der Waals surface area (Å²) < 4.78 is 0. The average molecular weight is 283 g/mol. The number of benzene rings is 1. The van der Waals surface area contributed by atoms with Gasteiger partial charge in [0.25, 0.3) is 0 Å². The first-order valence-corrected chi connectivity index (χ1v) is 6.44. The Balaban J connectivity index is 2.03. The Bertz CT molecular complexity index is 519. The lowest BCUT2D eigenvalue weighted by Crippen LogP contribution is -2.18. The van der Waals surface area contributed by atoms with Gasteiger partial charge in [0.2, 0.25) is 5.91 Å². The average Bonchev–Trinajstić information content (AvgIpc) is 2.77. The number of carbonyl (C=O) groups is 2. The van der Waals surface area contributed by atoms with E-state index in [1.165, 1.54) is 0 Å². The summed E-state index contributed by atoms with van der Waals surface area (Å²) in [4.78, 5) is 21.9. The molecule has 1 aromatic rings. The molecule has 102 valence electrons. The van der Waals surface area contributed by atoms with Crippen molar-refractivity contribution in [3.63, 3.8) is 0 Å². The molecule has 1 saturated carbocycles. The molecule has 4 N–H and O–H groups in total. The molecule has 0 saturated heterocycles. The molecule has 0 radical (unpaired) electrons. The molecule has 0 bridgehead atoms. The minimum absolute atomic E-state index is 0.122. The van der Waals surface area contributed by atoms with Gasteiger partial charge < -0.3 is 16.2 Å². The van der Waals surface area contributed by atoms with Gasteiger partial charge in [0.15, 0.2) is 0 Å². The summed E-state index contributed by atoms with van der Waals surface area (Å²) in [6.07, 6.45) is 2.09. The minimum atomic E-state index is -0.744. The number of rotatable bonds is 4. The Hall–Kier alpha value is -1.75. The van der Waals surface area contributed by atoms with E-state index >= 15 is 0 Å². The van der Waals surface area contributed by atoms with Gasteiger partial charge in [-0.2, -0.15) is 0 Å². The Morgan fingerprint density at radius 2 is 2.11 bits per heavy atom. The van der Waals surface area contributed by atoms with Gasteiger partial charge in [-0.15, -0.1) is 0 Å². The van der Waals surface area contributed by atoms with Crippen molar-refractivity contribution < 1.29 is 14.7 Å². The highest BCUT2D eigenvalue weighted by Gasteiger charge is 2.29. The predicted molar refractivity (Wildman–Crippen MR) is 72.4 cm³/mol. The van der Waals surface area contributed by atoms with Gasteiger partial charge in [0.1, 0.15) is 0 Å². The van der Waals surface area contributed by atoms with Gasteiger partial charge in [-0.05, 0) is 37.5 Å². The minimum Gasteiger partial charge on any atom is -0.481 e. The fourth-order valence-corrected chi connectivity index (χ4v) is 2.65. The molecule has 1 aliphatic carbocycles. The SMILES string of the molecule is NC(=O)c1ccc(NC2CCC(C(=O)O)C2)cc1Cl. The van der Waals surface area contributed by atoms with E-state index < -0.39 is 11.9 Å². The van der Waals surface area contributed by atoms with Gasteiger partial charge in [-0.25, -0.2) is 0 Å². The summed E-state index contributed by atoms with van der Waals surface area (Å²) in [5, 5.41) is 12.5. The molecule has 0 aromatic heterocycles. The second-order valence-corrected chi connectivity index (χ2v) is 5.16. The van der Waals surface area contributed by atoms with Crippen molar-refractivity contribution in [2.24, 2.45) is 11.7 Å². The van der Waals surface area contributed by atoms with Crippen LogP contribution in [0.1, 0.15) is 29.6 Å². The number of halogens is 1. The Kier molecular flexibility index (Phi) is 3.95. The summed E-state index contributed by atoms with van der Waals surface area (Å²) in [7, 11) is 0. The number of aliphatic carboxylic acids is 1. The molecule has 19 heavy (non-hydrogen) atoms. The van der Waals surface area contributed by atoms with Crippen LogP contribution in [-0.2, 0) is 4.79 Å². The molecule has 5 nitrogen and oxygen atoms in total. The van der Waals surface area contributed by atoms with Crippen LogP contribution < -0.4 is 11.1 Å². The van der Waals surface area contributed by atoms with Crippen molar-refractivity contribution in [2.75, 3.05) is 5.32 Å². The maximum absolute atomic E-state index is 11.0. The number of carbonyl (C=O) groups excluding carboxylic acids is 1. The van der Waals surface area contributed by atoms with Crippen LogP contribution in [0.2, 0.25) is 5.02 Å². The standard InChI is InChI=1S/C13H15ClN2O3/c14-11-6-9(3-4-10(11)12(15)17)16-8-2-1-7(5-8)13(18)19/h3-4,6-8,16H,1-2,5H2,(H2,15,17)(H,18,19). The zero-order chi connectivity index (χ0) is 14.0. The summed E-state index contributed by atoms with van der Waals surface area (Å²) in [5.74, 6) is -1.59. The van der Waals surface area contributed by atoms with Crippen molar-refractivity contribution in [1.29, 1.82) is 0 Å². The van der Waals surface area contributed by atoms with Crippen LogP contribution in [-0.4, -0.2) is 23.0 Å². The van der Waals surface area contributed by atoms with Crippen LogP contribution in [0.15, 0.2) is 18.2 Å². The molecule has 1 aromatic carbocycles. The number of amides is 1. The molecule has 6 heteroatoms. The molecule has 2 atom stereocenters. The third-order valence-corrected chi connectivity index (χ3v) is 3.70. The van der Waals surface area contributed by atoms with E-state index in [9.17, 15) is 9.59 Å². The fourth-order valence-electron chi connectivity index (χ4n) is 2.38. The molecule has 1 amide bonds. The lowest BCUT2D eigenvalue weighted by molar-refractivity contribution is -0.141. The lowest BCUT2D eigenvalue weighted by atomic mass is 10.1. The third kappa shape index (κ3) is 3.17. The van der Waals surface area contributed by atoms with E-state index in [0.717, 1.165) is 12.1 Å². The number of carboxylic acid groups (broad SMARTS) is 1. The van der Waals surface area contributed by atoms with Gasteiger partial charge in [-0.3, -0.25) is 9.59 Å². The first kappa shape index (κ1) is 13.7. The molecule has 0 aliphatic heterocycles. The predicted octanol–water partition coefficient (Wildman–Crippen LogP) is 2.10. The van der Waals surface area contributed by atoms with Gasteiger partial charge in [-0.1, -0.05) is 11.6 Å². The Labute approximate surface area is 115 Å². The maximum atomic E-state index is 11.0. The van der Waals surface area contributed by atoms with Crippen molar-refractivity contribution in [2.45, 2.75) is 25.3 Å². The monoisotopic (exact) mass is 282 g/mol. The lowest BCUT2D eigenvalue weighted by Gasteiger charge is -2.14. The highest BCUT2D eigenvalue weighted by Crippen LogP contribution is 2.29. The number of carboxylic acids is 1. The van der Waals surface area contributed by atoms with Crippen LogP contribution >= 0.6 is 11.6 Å². The topological polar surface area (TPSA) is 92.4 Å². The van der Waals surface area contributed by atoms with Crippen molar-refractivity contribution in [1.82, 2.24) is 0 Å². The highest BCUT2D eigenvalue weighted by molar-refractivity contribution is 6.34. The third-order valence-electron chi connectivity index (χ3n) is 3.39. The van der Waals surface area contributed by atoms with Crippen LogP contribution in [0, 0.1) is 5.92 Å². The van der Waals surface area contributed by atoms with Crippen LogP contribution in [0.3, 0.4) is 0 Å². The van der Waals surface area contributed by atoms with Crippen LogP contribution in [0.25, 0.3) is 0 Å². The first-order chi connectivity index (χ1) is 8.97. The molecule has 0 heterocycles. The van der Waals surface area contributed by atoms with E-state index in [2.05, 4.69) is 5.32 Å². The number of nitrogens with one attached hydrogen (secondary N) is 1. The highest BCUT2D eigenvalue weighted by atomic mass is 35.5. The van der Waals surface area contributed by atoms with Crippen LogP contribution in [0.4, 0.5) is 5.69 Å². The van der Waals surface area contributed by atoms with E-state index in [4.69, 9.17) is 22.4 Å². The van der Waals surface area contributed by atoms with E-state index in [-0.39, 0.29) is 17.5 Å². The van der Waals surface area contributed by atoms with Gasteiger partial charge in [0.05, 0.1) is 16.5 Å².